The molecule has 3 heterocycles. The summed E-state index contributed by atoms with van der Waals surface area (Å²) in [6.07, 6.45) is 4.79. The van der Waals surface area contributed by atoms with Gasteiger partial charge in [0.15, 0.2) is 0 Å². The predicted octanol–water partition coefficient (Wildman–Crippen LogP) is 5.22. The van der Waals surface area contributed by atoms with Crippen LogP contribution in [0.5, 0.6) is 0 Å². The van der Waals surface area contributed by atoms with Gasteiger partial charge in [-0.1, -0.05) is 35.3 Å². The largest absolute Gasteiger partial charge is 0.463 e. The number of halogens is 2. The molecule has 1 aromatic carbocycles. The van der Waals surface area contributed by atoms with E-state index < -0.39 is 6.04 Å². The molecule has 1 atom stereocenters. The highest BCUT2D eigenvalue weighted by Gasteiger charge is 2.25. The number of hydrogen-bond acceptors (Lipinski definition) is 6. The molecule has 1 aliphatic heterocycles. The fraction of sp³-hybridized carbons (Fsp3) is 0.370. The van der Waals surface area contributed by atoms with Gasteiger partial charge in [0.1, 0.15) is 18.1 Å². The van der Waals surface area contributed by atoms with Crippen LogP contribution in [0, 0.1) is 5.92 Å². The van der Waals surface area contributed by atoms with Gasteiger partial charge in [-0.05, 0) is 69.6 Å². The number of carbonyl (C=O) groups excluding carboxylic acids is 2. The van der Waals surface area contributed by atoms with E-state index in [2.05, 4.69) is 25.9 Å². The Morgan fingerprint density at radius 2 is 1.95 bits per heavy atom. The van der Waals surface area contributed by atoms with Crippen LogP contribution >= 0.6 is 23.2 Å². The van der Waals surface area contributed by atoms with Crippen LogP contribution in [0.2, 0.25) is 10.0 Å². The number of rotatable bonds is 9. The minimum atomic E-state index is -0.574. The summed E-state index contributed by atoms with van der Waals surface area (Å²) < 4.78 is 5.64. The topological polar surface area (TPSA) is 108 Å². The van der Waals surface area contributed by atoms with Crippen LogP contribution in [0.4, 0.5) is 5.82 Å². The lowest BCUT2D eigenvalue weighted by Crippen LogP contribution is -2.36. The van der Waals surface area contributed by atoms with E-state index in [-0.39, 0.29) is 30.4 Å². The molecule has 1 saturated heterocycles. The summed E-state index contributed by atoms with van der Waals surface area (Å²) in [5.74, 6) is -0.0378. The van der Waals surface area contributed by atoms with E-state index in [0.717, 1.165) is 42.6 Å². The van der Waals surface area contributed by atoms with Gasteiger partial charge in [0.2, 0.25) is 0 Å². The molecule has 1 amide bonds. The zero-order chi connectivity index (χ0) is 26.4. The number of benzene rings is 1. The molecule has 4 N–H and O–H groups in total. The molecule has 0 aliphatic carbocycles. The van der Waals surface area contributed by atoms with Crippen molar-refractivity contribution in [2.45, 2.75) is 38.8 Å². The lowest BCUT2D eigenvalue weighted by Gasteiger charge is -2.23. The lowest BCUT2D eigenvalue weighted by atomic mass is 9.98. The molecule has 196 valence electrons. The van der Waals surface area contributed by atoms with Crippen LogP contribution in [0.15, 0.2) is 48.8 Å². The van der Waals surface area contributed by atoms with E-state index in [1.807, 2.05) is 26.0 Å². The molecular weight excluding hydrogens is 513 g/mol. The molecule has 37 heavy (non-hydrogen) atoms. The molecule has 1 unspecified atom stereocenters. The quantitative estimate of drug-likeness (QED) is 0.275. The van der Waals surface area contributed by atoms with Crippen molar-refractivity contribution in [3.8, 4) is 11.1 Å². The summed E-state index contributed by atoms with van der Waals surface area (Å²) in [6, 6.07) is 10.4. The highest BCUT2D eigenvalue weighted by molar-refractivity contribution is 6.33. The van der Waals surface area contributed by atoms with Gasteiger partial charge in [0.25, 0.3) is 5.91 Å². The number of H-pyrrole nitrogens is 1. The minimum absolute atomic E-state index is 0.00280. The first-order valence-electron chi connectivity index (χ1n) is 12.3. The summed E-state index contributed by atoms with van der Waals surface area (Å²) >= 11 is 12.6. The van der Waals surface area contributed by atoms with Crippen LogP contribution < -0.4 is 16.0 Å². The second-order valence-corrected chi connectivity index (χ2v) is 10.2. The van der Waals surface area contributed by atoms with Gasteiger partial charge in [-0.15, -0.1) is 0 Å². The van der Waals surface area contributed by atoms with Crippen LogP contribution in [0.1, 0.15) is 48.8 Å². The number of carbonyl (C=O) groups is 2. The van der Waals surface area contributed by atoms with Crippen molar-refractivity contribution in [3.63, 3.8) is 0 Å². The van der Waals surface area contributed by atoms with Crippen molar-refractivity contribution in [2.75, 3.05) is 25.0 Å². The molecule has 8 nitrogen and oxygen atoms in total. The van der Waals surface area contributed by atoms with Crippen molar-refractivity contribution >= 4 is 40.9 Å². The number of anilines is 1. The molecule has 3 aromatic rings. The van der Waals surface area contributed by atoms with Crippen molar-refractivity contribution in [2.24, 2.45) is 5.92 Å². The molecule has 2 aromatic heterocycles. The number of aromatic nitrogens is 2. The minimum Gasteiger partial charge on any atom is -0.463 e. The molecule has 1 aliphatic rings. The Balaban J connectivity index is 1.49. The maximum Gasteiger partial charge on any atom is 0.309 e. The molecule has 0 bridgehead atoms. The Bertz CT molecular complexity index is 1240. The monoisotopic (exact) mass is 543 g/mol. The Kier molecular flexibility index (Phi) is 9.08. The van der Waals surface area contributed by atoms with Gasteiger partial charge in [0, 0.05) is 34.6 Å². The number of hydrogen-bond donors (Lipinski definition) is 4. The van der Waals surface area contributed by atoms with Crippen LogP contribution in [0.3, 0.4) is 0 Å². The number of aromatic amines is 1. The van der Waals surface area contributed by atoms with Crippen LogP contribution in [-0.4, -0.2) is 47.6 Å². The third-order valence-corrected chi connectivity index (χ3v) is 6.69. The Morgan fingerprint density at radius 1 is 1.16 bits per heavy atom. The van der Waals surface area contributed by atoms with Gasteiger partial charge in [-0.25, -0.2) is 4.98 Å². The van der Waals surface area contributed by atoms with E-state index >= 15 is 0 Å². The van der Waals surface area contributed by atoms with E-state index in [0.29, 0.717) is 21.6 Å². The van der Waals surface area contributed by atoms with E-state index in [1.54, 1.807) is 36.7 Å². The first-order valence-corrected chi connectivity index (χ1v) is 13.1. The molecule has 1 fully saturated rings. The summed E-state index contributed by atoms with van der Waals surface area (Å²) in [5, 5.41) is 10.5. The van der Waals surface area contributed by atoms with Gasteiger partial charge in [-0.3, -0.25) is 9.59 Å². The number of esters is 1. The summed E-state index contributed by atoms with van der Waals surface area (Å²) in [7, 11) is 0. The summed E-state index contributed by atoms with van der Waals surface area (Å²) in [6.45, 7) is 5.63. The standard InChI is InChI=1S/C27H31Cl2N5O3/c1-16(2)33-25-12-21(22(29)14-32-25)19-11-23(31-13-19)26(35)34-24(18-4-3-5-20(28)10-18)15-37-27(36)17-6-8-30-9-7-17/h3-5,10-14,16-17,24,30-31H,6-9,15H2,1-2H3,(H,32,33)(H,34,35). The lowest BCUT2D eigenvalue weighted by molar-refractivity contribution is -0.150. The Morgan fingerprint density at radius 3 is 2.68 bits per heavy atom. The van der Waals surface area contributed by atoms with Crippen molar-refractivity contribution in [3.05, 3.63) is 70.1 Å². The number of nitrogens with zero attached hydrogens (tertiary/aromatic N) is 1. The normalized spacial score (nSPS) is 14.8. The molecular formula is C27H31Cl2N5O3. The Hall–Kier alpha value is -3.07. The van der Waals surface area contributed by atoms with Gasteiger partial charge >= 0.3 is 5.97 Å². The molecule has 0 spiro atoms. The first-order chi connectivity index (χ1) is 17.8. The molecule has 10 heteroatoms. The number of ether oxygens (including phenoxy) is 1. The molecule has 0 radical (unpaired) electrons. The van der Waals surface area contributed by atoms with E-state index in [9.17, 15) is 9.59 Å². The van der Waals surface area contributed by atoms with Crippen molar-refractivity contribution < 1.29 is 14.3 Å². The smallest absolute Gasteiger partial charge is 0.309 e. The average molecular weight is 544 g/mol. The molecule has 4 rings (SSSR count). The van der Waals surface area contributed by atoms with Gasteiger partial charge in [0.05, 0.1) is 17.0 Å². The Labute approximate surface area is 226 Å². The number of piperidine rings is 1. The first kappa shape index (κ1) is 27.0. The summed E-state index contributed by atoms with van der Waals surface area (Å²) in [4.78, 5) is 33.2. The third-order valence-electron chi connectivity index (χ3n) is 6.15. The SMILES string of the molecule is CC(C)Nc1cc(-c2c[nH]c(C(=O)NC(COC(=O)C3CCNCC3)c3cccc(Cl)c3)c2)c(Cl)cn1. The van der Waals surface area contributed by atoms with Gasteiger partial charge in [-0.2, -0.15) is 0 Å². The maximum atomic E-state index is 13.2. The van der Waals surface area contributed by atoms with Crippen molar-refractivity contribution in [1.29, 1.82) is 0 Å². The zero-order valence-electron chi connectivity index (χ0n) is 20.8. The van der Waals surface area contributed by atoms with Crippen LogP contribution in [0.25, 0.3) is 11.1 Å². The zero-order valence-corrected chi connectivity index (χ0v) is 22.3. The third kappa shape index (κ3) is 7.25. The fourth-order valence-corrected chi connectivity index (χ4v) is 4.65. The second-order valence-electron chi connectivity index (χ2n) is 9.39. The van der Waals surface area contributed by atoms with Crippen LogP contribution in [-0.2, 0) is 9.53 Å². The van der Waals surface area contributed by atoms with E-state index in [4.69, 9.17) is 27.9 Å². The predicted molar refractivity (Wildman–Crippen MR) is 146 cm³/mol. The summed E-state index contributed by atoms with van der Waals surface area (Å²) in [5.41, 5.74) is 2.59. The van der Waals surface area contributed by atoms with E-state index in [1.165, 1.54) is 0 Å². The second kappa shape index (κ2) is 12.4. The molecule has 0 saturated carbocycles. The average Bonchev–Trinajstić information content (AvgIpc) is 3.38. The van der Waals surface area contributed by atoms with Crippen molar-refractivity contribution in [1.82, 2.24) is 20.6 Å². The van der Waals surface area contributed by atoms with Gasteiger partial charge < -0.3 is 25.7 Å². The number of pyridine rings is 1. The number of amides is 1. The highest BCUT2D eigenvalue weighted by atomic mass is 35.5. The number of nitrogens with one attached hydrogen (secondary N) is 4. The fourth-order valence-electron chi connectivity index (χ4n) is 4.24. The maximum absolute atomic E-state index is 13.2. The highest BCUT2D eigenvalue weighted by Crippen LogP contribution is 2.30.